The number of anilines is 1. The minimum absolute atomic E-state index is 0.000244. The third-order valence-electron chi connectivity index (χ3n) is 2.50. The number of aliphatic carboxylic acids is 1. The van der Waals surface area contributed by atoms with E-state index >= 15 is 0 Å². The van der Waals surface area contributed by atoms with Gasteiger partial charge in [-0.05, 0) is 13.3 Å². The highest BCUT2D eigenvalue weighted by atomic mass is 16.4. The number of aryl methyl sites for hydroxylation is 1. The van der Waals surface area contributed by atoms with Crippen molar-refractivity contribution < 1.29 is 9.90 Å². The molecule has 0 saturated heterocycles. The van der Waals surface area contributed by atoms with Crippen molar-refractivity contribution in [1.82, 2.24) is 14.3 Å². The number of nitrogens with zero attached hydrogens (tertiary/aromatic N) is 3. The summed E-state index contributed by atoms with van der Waals surface area (Å²) in [6, 6.07) is -0.223. The van der Waals surface area contributed by atoms with Gasteiger partial charge in [0.1, 0.15) is 0 Å². The predicted molar refractivity (Wildman–Crippen MR) is 64.7 cm³/mol. The van der Waals surface area contributed by atoms with E-state index in [1.54, 1.807) is 6.92 Å². The second-order valence-corrected chi connectivity index (χ2v) is 4.10. The molecule has 1 atom stereocenters. The van der Waals surface area contributed by atoms with E-state index in [-0.39, 0.29) is 18.3 Å². The molecule has 0 aromatic carbocycles. The summed E-state index contributed by atoms with van der Waals surface area (Å²) in [7, 11) is 2.80. The zero-order valence-corrected chi connectivity index (χ0v) is 10.5. The minimum Gasteiger partial charge on any atom is -0.481 e. The van der Waals surface area contributed by atoms with Crippen LogP contribution in [0.25, 0.3) is 0 Å². The van der Waals surface area contributed by atoms with Gasteiger partial charge in [0.05, 0.1) is 0 Å². The molecule has 8 heteroatoms. The van der Waals surface area contributed by atoms with E-state index in [9.17, 15) is 14.4 Å². The average Bonchev–Trinajstić information content (AvgIpc) is 2.30. The molecular weight excluding hydrogens is 240 g/mol. The van der Waals surface area contributed by atoms with Crippen LogP contribution in [0.4, 0.5) is 5.82 Å². The molecular formula is C10H16N4O4. The van der Waals surface area contributed by atoms with Gasteiger partial charge in [0.25, 0.3) is 5.56 Å². The quantitative estimate of drug-likeness (QED) is 0.710. The van der Waals surface area contributed by atoms with Crippen molar-refractivity contribution in [3.8, 4) is 0 Å². The minimum atomic E-state index is -0.898. The van der Waals surface area contributed by atoms with Crippen LogP contribution in [-0.2, 0) is 18.9 Å². The van der Waals surface area contributed by atoms with E-state index in [0.717, 1.165) is 9.25 Å². The van der Waals surface area contributed by atoms with E-state index < -0.39 is 17.2 Å². The fraction of sp³-hybridized carbons (Fsp3) is 0.600. The summed E-state index contributed by atoms with van der Waals surface area (Å²) in [4.78, 5) is 33.5. The molecule has 100 valence electrons. The van der Waals surface area contributed by atoms with Crippen molar-refractivity contribution in [2.45, 2.75) is 25.8 Å². The monoisotopic (exact) mass is 256 g/mol. The Morgan fingerprint density at radius 3 is 2.61 bits per heavy atom. The van der Waals surface area contributed by atoms with Gasteiger partial charge in [0.15, 0.2) is 0 Å². The highest BCUT2D eigenvalue weighted by molar-refractivity contribution is 5.66. The first-order valence-corrected chi connectivity index (χ1v) is 5.45. The summed E-state index contributed by atoms with van der Waals surface area (Å²) in [5.41, 5.74) is -1.04. The Balaban J connectivity index is 2.89. The molecule has 0 fully saturated rings. The molecule has 1 aromatic heterocycles. The Bertz CT molecular complexity index is 560. The van der Waals surface area contributed by atoms with Gasteiger partial charge in [-0.1, -0.05) is 0 Å². The zero-order valence-electron chi connectivity index (χ0n) is 10.5. The molecule has 0 aliphatic rings. The Labute approximate surface area is 103 Å². The number of rotatable bonds is 5. The van der Waals surface area contributed by atoms with Crippen molar-refractivity contribution in [1.29, 1.82) is 0 Å². The van der Waals surface area contributed by atoms with E-state index in [2.05, 4.69) is 10.4 Å². The standard InChI is InChI=1S/C10H16N4O4/c1-6(4-5-7(15)16)11-8-9(17)13(2)10(18)14(3)12-8/h6H,4-5H2,1-3H3,(H,11,12)(H,15,16). The lowest BCUT2D eigenvalue weighted by Crippen LogP contribution is -2.40. The van der Waals surface area contributed by atoms with Gasteiger partial charge >= 0.3 is 11.7 Å². The lowest BCUT2D eigenvalue weighted by molar-refractivity contribution is -0.137. The van der Waals surface area contributed by atoms with Crippen LogP contribution in [0.2, 0.25) is 0 Å². The van der Waals surface area contributed by atoms with Crippen molar-refractivity contribution in [2.24, 2.45) is 14.1 Å². The Morgan fingerprint density at radius 2 is 2.06 bits per heavy atom. The molecule has 0 saturated carbocycles. The maximum atomic E-state index is 11.7. The first-order valence-electron chi connectivity index (χ1n) is 5.45. The van der Waals surface area contributed by atoms with E-state index in [1.165, 1.54) is 14.1 Å². The van der Waals surface area contributed by atoms with Crippen LogP contribution < -0.4 is 16.6 Å². The van der Waals surface area contributed by atoms with Gasteiger partial charge < -0.3 is 10.4 Å². The molecule has 1 unspecified atom stereocenters. The van der Waals surface area contributed by atoms with Gasteiger partial charge in [-0.2, -0.15) is 0 Å². The van der Waals surface area contributed by atoms with Crippen LogP contribution in [0, 0.1) is 0 Å². The number of nitrogens with one attached hydrogen (secondary N) is 1. The maximum absolute atomic E-state index is 11.7. The summed E-state index contributed by atoms with van der Waals surface area (Å²) in [5.74, 6) is -0.859. The number of hydrogen-bond acceptors (Lipinski definition) is 5. The molecule has 0 aliphatic carbocycles. The van der Waals surface area contributed by atoms with E-state index in [0.29, 0.717) is 6.42 Å². The normalized spacial score (nSPS) is 12.2. The van der Waals surface area contributed by atoms with Gasteiger partial charge in [-0.15, -0.1) is 5.10 Å². The first-order chi connectivity index (χ1) is 8.32. The van der Waals surface area contributed by atoms with Gasteiger partial charge in [0, 0.05) is 26.6 Å². The summed E-state index contributed by atoms with van der Waals surface area (Å²) >= 11 is 0. The van der Waals surface area contributed by atoms with Gasteiger partial charge in [-0.3, -0.25) is 14.2 Å². The smallest absolute Gasteiger partial charge is 0.346 e. The zero-order chi connectivity index (χ0) is 13.9. The SMILES string of the molecule is CC(CCC(=O)O)Nc1nn(C)c(=O)n(C)c1=O. The fourth-order valence-electron chi connectivity index (χ4n) is 1.43. The Kier molecular flexibility index (Phi) is 4.24. The summed E-state index contributed by atoms with van der Waals surface area (Å²) in [6.45, 7) is 1.75. The summed E-state index contributed by atoms with van der Waals surface area (Å²) in [6.07, 6.45) is 0.364. The van der Waals surface area contributed by atoms with Crippen LogP contribution in [0.3, 0.4) is 0 Å². The molecule has 8 nitrogen and oxygen atoms in total. The van der Waals surface area contributed by atoms with Crippen molar-refractivity contribution in [3.63, 3.8) is 0 Å². The molecule has 1 heterocycles. The van der Waals surface area contributed by atoms with Crippen LogP contribution in [0.1, 0.15) is 19.8 Å². The van der Waals surface area contributed by atoms with Crippen molar-refractivity contribution in [3.05, 3.63) is 20.8 Å². The summed E-state index contributed by atoms with van der Waals surface area (Å²) < 4.78 is 1.99. The van der Waals surface area contributed by atoms with Crippen molar-refractivity contribution >= 4 is 11.8 Å². The highest BCUT2D eigenvalue weighted by Crippen LogP contribution is 2.02. The Hall–Kier alpha value is -2.12. The molecule has 1 aromatic rings. The summed E-state index contributed by atoms with van der Waals surface area (Å²) in [5, 5.41) is 15.2. The van der Waals surface area contributed by atoms with Crippen LogP contribution in [0.15, 0.2) is 9.59 Å². The van der Waals surface area contributed by atoms with Gasteiger partial charge in [-0.25, -0.2) is 9.48 Å². The maximum Gasteiger partial charge on any atom is 0.346 e. The number of hydrogen-bond donors (Lipinski definition) is 2. The molecule has 0 bridgehead atoms. The number of carbonyl (C=O) groups is 1. The third-order valence-corrected chi connectivity index (χ3v) is 2.50. The lowest BCUT2D eigenvalue weighted by atomic mass is 10.2. The third kappa shape index (κ3) is 3.19. The molecule has 0 aliphatic heterocycles. The second-order valence-electron chi connectivity index (χ2n) is 4.10. The number of carboxylic acids is 1. The van der Waals surface area contributed by atoms with Crippen LogP contribution in [-0.4, -0.2) is 31.5 Å². The number of aromatic nitrogens is 3. The Morgan fingerprint density at radius 1 is 1.44 bits per heavy atom. The molecule has 0 amide bonds. The lowest BCUT2D eigenvalue weighted by Gasteiger charge is -2.13. The van der Waals surface area contributed by atoms with Crippen LogP contribution >= 0.6 is 0 Å². The second kappa shape index (κ2) is 5.48. The average molecular weight is 256 g/mol. The number of carboxylic acid groups (broad SMARTS) is 1. The molecule has 1 rings (SSSR count). The first kappa shape index (κ1) is 13.9. The van der Waals surface area contributed by atoms with Crippen molar-refractivity contribution in [2.75, 3.05) is 5.32 Å². The molecule has 18 heavy (non-hydrogen) atoms. The predicted octanol–water partition coefficient (Wildman–Crippen LogP) is -0.856. The molecule has 0 spiro atoms. The molecule has 0 radical (unpaired) electrons. The topological polar surface area (TPSA) is 106 Å². The van der Waals surface area contributed by atoms with Gasteiger partial charge in [0.2, 0.25) is 5.82 Å². The van der Waals surface area contributed by atoms with E-state index in [4.69, 9.17) is 5.11 Å². The van der Waals surface area contributed by atoms with E-state index in [1.807, 2.05) is 0 Å². The molecule has 2 N–H and O–H groups in total. The highest BCUT2D eigenvalue weighted by Gasteiger charge is 2.12. The van der Waals surface area contributed by atoms with Crippen LogP contribution in [0.5, 0.6) is 0 Å². The largest absolute Gasteiger partial charge is 0.481 e. The fourth-order valence-corrected chi connectivity index (χ4v) is 1.43.